The van der Waals surface area contributed by atoms with Crippen LogP contribution in [0.3, 0.4) is 0 Å². The topological polar surface area (TPSA) is 70.5 Å². The zero-order valence-corrected chi connectivity index (χ0v) is 16.6. The van der Waals surface area contributed by atoms with Crippen molar-refractivity contribution in [3.63, 3.8) is 0 Å². The zero-order chi connectivity index (χ0) is 19.1. The minimum Gasteiger partial charge on any atom is -0.378 e. The summed E-state index contributed by atoms with van der Waals surface area (Å²) < 4.78 is 0.757. The van der Waals surface area contributed by atoms with E-state index >= 15 is 0 Å². The molecule has 0 spiro atoms. The molecule has 1 N–H and O–H groups in total. The van der Waals surface area contributed by atoms with Crippen LogP contribution in [0, 0.1) is 0 Å². The van der Waals surface area contributed by atoms with E-state index in [2.05, 4.69) is 20.7 Å². The highest BCUT2D eigenvalue weighted by Gasteiger charge is 2.09. The number of carbonyl (C=O) groups is 1. The van der Waals surface area contributed by atoms with Gasteiger partial charge in [0.15, 0.2) is 4.34 Å². The molecule has 1 amide bonds. The molecule has 1 aromatic heterocycles. The molecule has 6 nitrogen and oxygen atoms in total. The van der Waals surface area contributed by atoms with E-state index in [0.717, 1.165) is 26.2 Å². The molecular formula is C19H19N5OS2. The monoisotopic (exact) mass is 397 g/mol. The summed E-state index contributed by atoms with van der Waals surface area (Å²) >= 11 is 2.82. The van der Waals surface area contributed by atoms with Crippen molar-refractivity contribution < 1.29 is 4.79 Å². The van der Waals surface area contributed by atoms with Gasteiger partial charge in [0.05, 0.1) is 12.0 Å². The van der Waals surface area contributed by atoms with Crippen molar-refractivity contribution in [3.8, 4) is 10.6 Å². The first-order chi connectivity index (χ1) is 13.1. The van der Waals surface area contributed by atoms with Gasteiger partial charge in [-0.2, -0.15) is 5.10 Å². The Hall–Kier alpha value is -2.71. The lowest BCUT2D eigenvalue weighted by atomic mass is 10.2. The molecule has 0 fully saturated rings. The molecule has 3 aromatic rings. The Morgan fingerprint density at radius 1 is 1.15 bits per heavy atom. The maximum atomic E-state index is 11.9. The van der Waals surface area contributed by atoms with Gasteiger partial charge in [0, 0.05) is 25.3 Å². The molecule has 0 atom stereocenters. The number of aromatic nitrogens is 2. The van der Waals surface area contributed by atoms with Crippen molar-refractivity contribution in [1.82, 2.24) is 15.6 Å². The molecule has 3 rings (SSSR count). The molecule has 0 bridgehead atoms. The fourth-order valence-electron chi connectivity index (χ4n) is 2.16. The third-order valence-electron chi connectivity index (χ3n) is 3.57. The highest BCUT2D eigenvalue weighted by molar-refractivity contribution is 8.01. The van der Waals surface area contributed by atoms with E-state index in [1.54, 1.807) is 6.21 Å². The first kappa shape index (κ1) is 19.1. The van der Waals surface area contributed by atoms with Crippen molar-refractivity contribution in [2.24, 2.45) is 5.10 Å². The minimum absolute atomic E-state index is 0.183. The Labute approximate surface area is 166 Å². The number of nitrogens with zero attached hydrogens (tertiary/aromatic N) is 4. The van der Waals surface area contributed by atoms with Gasteiger partial charge >= 0.3 is 0 Å². The van der Waals surface area contributed by atoms with E-state index < -0.39 is 0 Å². The Morgan fingerprint density at radius 3 is 2.59 bits per heavy atom. The molecular weight excluding hydrogens is 378 g/mol. The van der Waals surface area contributed by atoms with Crippen molar-refractivity contribution in [1.29, 1.82) is 0 Å². The number of hydrazone groups is 1. The van der Waals surface area contributed by atoms with E-state index in [1.807, 2.05) is 73.6 Å². The molecule has 1 heterocycles. The predicted octanol–water partition coefficient (Wildman–Crippen LogP) is 3.51. The molecule has 27 heavy (non-hydrogen) atoms. The molecule has 0 unspecified atom stereocenters. The third-order valence-corrected chi connectivity index (χ3v) is 5.67. The van der Waals surface area contributed by atoms with Crippen LogP contribution in [-0.2, 0) is 4.79 Å². The largest absolute Gasteiger partial charge is 0.378 e. The molecule has 0 aliphatic carbocycles. The maximum absolute atomic E-state index is 11.9. The van der Waals surface area contributed by atoms with Crippen LogP contribution in [0.2, 0.25) is 0 Å². The minimum atomic E-state index is -0.183. The van der Waals surface area contributed by atoms with Crippen molar-refractivity contribution in [2.75, 3.05) is 24.7 Å². The first-order valence-electron chi connectivity index (χ1n) is 8.23. The number of amides is 1. The molecule has 138 valence electrons. The normalized spacial score (nSPS) is 10.9. The summed E-state index contributed by atoms with van der Waals surface area (Å²) in [5.41, 5.74) is 5.59. The van der Waals surface area contributed by atoms with Gasteiger partial charge in [0.1, 0.15) is 5.01 Å². The van der Waals surface area contributed by atoms with E-state index in [9.17, 15) is 4.79 Å². The zero-order valence-electron chi connectivity index (χ0n) is 15.0. The van der Waals surface area contributed by atoms with E-state index in [-0.39, 0.29) is 11.7 Å². The van der Waals surface area contributed by atoms with E-state index in [1.165, 1.54) is 23.1 Å². The summed E-state index contributed by atoms with van der Waals surface area (Å²) in [5.74, 6) is 0.0537. The highest BCUT2D eigenvalue weighted by Crippen LogP contribution is 2.28. The summed E-state index contributed by atoms with van der Waals surface area (Å²) in [6, 6.07) is 17.8. The quantitative estimate of drug-likeness (QED) is 0.375. The maximum Gasteiger partial charge on any atom is 0.250 e. The molecule has 0 saturated carbocycles. The van der Waals surface area contributed by atoms with Gasteiger partial charge in [-0.25, -0.2) is 5.43 Å². The summed E-state index contributed by atoms with van der Waals surface area (Å²) in [6.07, 6.45) is 1.63. The van der Waals surface area contributed by atoms with Gasteiger partial charge in [-0.05, 0) is 17.7 Å². The number of carbonyl (C=O) groups excluding carboxylic acids is 1. The van der Waals surface area contributed by atoms with E-state index in [0.29, 0.717) is 0 Å². The highest BCUT2D eigenvalue weighted by atomic mass is 32.2. The summed E-state index contributed by atoms with van der Waals surface area (Å²) in [6.45, 7) is 0. The van der Waals surface area contributed by atoms with Crippen molar-refractivity contribution in [3.05, 3.63) is 60.2 Å². The number of anilines is 1. The fraction of sp³-hybridized carbons (Fsp3) is 0.158. The van der Waals surface area contributed by atoms with Crippen LogP contribution in [0.25, 0.3) is 10.6 Å². The average molecular weight is 398 g/mol. The van der Waals surface area contributed by atoms with Gasteiger partial charge in [-0.3, -0.25) is 4.79 Å². The van der Waals surface area contributed by atoms with Crippen LogP contribution in [0.5, 0.6) is 0 Å². The van der Waals surface area contributed by atoms with Crippen LogP contribution in [0.15, 0.2) is 64.0 Å². The fourth-order valence-corrected chi connectivity index (χ4v) is 3.81. The number of rotatable bonds is 7. The van der Waals surface area contributed by atoms with Gasteiger partial charge in [-0.1, -0.05) is 65.6 Å². The van der Waals surface area contributed by atoms with Crippen LogP contribution >= 0.6 is 23.1 Å². The van der Waals surface area contributed by atoms with Crippen LogP contribution in [-0.4, -0.2) is 42.2 Å². The molecule has 0 aliphatic heterocycles. The molecule has 8 heteroatoms. The third kappa shape index (κ3) is 5.63. The smallest absolute Gasteiger partial charge is 0.250 e. The standard InChI is InChI=1S/C19H19N5OS2/c1-24(2)16-10-8-14(9-11-16)12-20-21-17(25)13-26-19-23-22-18(27-19)15-6-4-3-5-7-15/h3-12H,13H2,1-2H3,(H,21,25). The summed E-state index contributed by atoms with van der Waals surface area (Å²) in [5, 5.41) is 13.1. The Bertz CT molecular complexity index is 907. The number of hydrogen-bond acceptors (Lipinski definition) is 7. The lowest BCUT2D eigenvalue weighted by Crippen LogP contribution is -2.19. The summed E-state index contributed by atoms with van der Waals surface area (Å²) in [4.78, 5) is 14.0. The van der Waals surface area contributed by atoms with Gasteiger partial charge in [0.25, 0.3) is 5.91 Å². The summed E-state index contributed by atoms with van der Waals surface area (Å²) in [7, 11) is 3.98. The lowest BCUT2D eigenvalue weighted by molar-refractivity contribution is -0.118. The predicted molar refractivity (Wildman–Crippen MR) is 113 cm³/mol. The Morgan fingerprint density at radius 2 is 1.89 bits per heavy atom. The Kier molecular flexibility index (Phi) is 6.56. The number of thioether (sulfide) groups is 1. The Balaban J connectivity index is 1.46. The van der Waals surface area contributed by atoms with Gasteiger partial charge < -0.3 is 4.90 Å². The SMILES string of the molecule is CN(C)c1ccc(C=NNC(=O)CSc2nnc(-c3ccccc3)s2)cc1. The average Bonchev–Trinajstić information content (AvgIpc) is 3.16. The second kappa shape index (κ2) is 9.29. The second-order valence-corrected chi connectivity index (χ2v) is 8.01. The van der Waals surface area contributed by atoms with Gasteiger partial charge in [0.2, 0.25) is 0 Å². The number of hydrogen-bond donors (Lipinski definition) is 1. The molecule has 2 aromatic carbocycles. The van der Waals surface area contributed by atoms with Crippen molar-refractivity contribution >= 4 is 40.9 Å². The van der Waals surface area contributed by atoms with Crippen LogP contribution in [0.1, 0.15) is 5.56 Å². The van der Waals surface area contributed by atoms with Crippen molar-refractivity contribution in [2.45, 2.75) is 4.34 Å². The second-order valence-electron chi connectivity index (χ2n) is 5.81. The molecule has 0 radical (unpaired) electrons. The number of nitrogens with one attached hydrogen (secondary N) is 1. The van der Waals surface area contributed by atoms with Crippen LogP contribution < -0.4 is 10.3 Å². The molecule has 0 aliphatic rings. The number of benzene rings is 2. The van der Waals surface area contributed by atoms with Gasteiger partial charge in [-0.15, -0.1) is 10.2 Å². The van der Waals surface area contributed by atoms with Crippen LogP contribution in [0.4, 0.5) is 5.69 Å². The van der Waals surface area contributed by atoms with E-state index in [4.69, 9.17) is 0 Å². The lowest BCUT2D eigenvalue weighted by Gasteiger charge is -2.11. The first-order valence-corrected chi connectivity index (χ1v) is 10.0. The molecule has 0 saturated heterocycles.